The first-order valence-corrected chi connectivity index (χ1v) is 5.19. The van der Waals surface area contributed by atoms with Crippen molar-refractivity contribution in [3.8, 4) is 0 Å². The lowest BCUT2D eigenvalue weighted by molar-refractivity contribution is 1.04. The zero-order valence-corrected chi connectivity index (χ0v) is 9.54. The van der Waals surface area contributed by atoms with E-state index in [1.165, 1.54) is 0 Å². The fourth-order valence-electron chi connectivity index (χ4n) is 1.32. The van der Waals surface area contributed by atoms with Gasteiger partial charge < -0.3 is 11.1 Å². The number of hydrogen-bond acceptors (Lipinski definition) is 4. The molecule has 2 rings (SSSR count). The first kappa shape index (κ1) is 10.8. The number of hydrogen-bond donors (Lipinski definition) is 3. The number of rotatable bonds is 3. The van der Waals surface area contributed by atoms with Crippen molar-refractivity contribution in [1.29, 1.82) is 0 Å². The average molecular weight is 238 g/mol. The van der Waals surface area contributed by atoms with Crippen molar-refractivity contribution in [2.24, 2.45) is 0 Å². The third-order valence-electron chi connectivity index (χ3n) is 2.27. The van der Waals surface area contributed by atoms with Crippen LogP contribution in [0.5, 0.6) is 0 Å². The summed E-state index contributed by atoms with van der Waals surface area (Å²) in [5.41, 5.74) is 8.43. The Morgan fingerprint density at radius 2 is 2.31 bits per heavy atom. The molecule has 0 saturated carbocycles. The molecule has 0 unspecified atom stereocenters. The lowest BCUT2D eigenvalue weighted by Gasteiger charge is -2.07. The second-order valence-electron chi connectivity index (χ2n) is 3.45. The largest absolute Gasteiger partial charge is 0.396 e. The second-order valence-corrected chi connectivity index (χ2v) is 3.83. The molecule has 0 spiro atoms. The highest BCUT2D eigenvalue weighted by Gasteiger charge is 2.04. The molecule has 2 aromatic rings. The van der Waals surface area contributed by atoms with Crippen LogP contribution in [-0.2, 0) is 6.54 Å². The van der Waals surface area contributed by atoms with E-state index in [0.29, 0.717) is 23.2 Å². The van der Waals surface area contributed by atoms with Crippen molar-refractivity contribution >= 4 is 23.1 Å². The SMILES string of the molecule is Cc1[nH]ncc1CNc1nc(Cl)ccc1N. The number of nitrogens with zero attached hydrogens (tertiary/aromatic N) is 2. The molecule has 5 nitrogen and oxygen atoms in total. The molecule has 0 amide bonds. The van der Waals surface area contributed by atoms with E-state index in [1.807, 2.05) is 6.92 Å². The van der Waals surface area contributed by atoms with Crippen molar-refractivity contribution in [3.63, 3.8) is 0 Å². The van der Waals surface area contributed by atoms with Gasteiger partial charge in [-0.3, -0.25) is 5.10 Å². The normalized spacial score (nSPS) is 10.4. The molecule has 0 aliphatic heterocycles. The summed E-state index contributed by atoms with van der Waals surface area (Å²) >= 11 is 5.78. The van der Waals surface area contributed by atoms with Gasteiger partial charge in [-0.15, -0.1) is 0 Å². The van der Waals surface area contributed by atoms with E-state index in [4.69, 9.17) is 17.3 Å². The fourth-order valence-corrected chi connectivity index (χ4v) is 1.47. The molecule has 0 fully saturated rings. The summed E-state index contributed by atoms with van der Waals surface area (Å²) in [6.45, 7) is 2.57. The molecule has 6 heteroatoms. The molecule has 16 heavy (non-hydrogen) atoms. The summed E-state index contributed by atoms with van der Waals surface area (Å²) < 4.78 is 0. The summed E-state index contributed by atoms with van der Waals surface area (Å²) in [7, 11) is 0. The smallest absolute Gasteiger partial charge is 0.151 e. The number of nitrogen functional groups attached to an aromatic ring is 1. The molecule has 0 radical (unpaired) electrons. The Bertz CT molecular complexity index is 494. The van der Waals surface area contributed by atoms with Crippen LogP contribution in [0.4, 0.5) is 11.5 Å². The number of aromatic amines is 1. The lowest BCUT2D eigenvalue weighted by atomic mass is 10.2. The standard InChI is InChI=1S/C10H12ClN5/c1-6-7(5-14-16-6)4-13-10-8(12)2-3-9(11)15-10/h2-3,5H,4,12H2,1H3,(H,13,15)(H,14,16). The number of aromatic nitrogens is 3. The fraction of sp³-hybridized carbons (Fsp3) is 0.200. The zero-order valence-electron chi connectivity index (χ0n) is 8.79. The predicted octanol–water partition coefficient (Wildman–Crippen LogP) is 1.96. The number of H-pyrrole nitrogens is 1. The molecule has 0 saturated heterocycles. The second kappa shape index (κ2) is 4.40. The monoisotopic (exact) mass is 237 g/mol. The van der Waals surface area contributed by atoms with Gasteiger partial charge in [0.05, 0.1) is 11.9 Å². The highest BCUT2D eigenvalue weighted by molar-refractivity contribution is 6.29. The molecule has 4 N–H and O–H groups in total. The Morgan fingerprint density at radius 1 is 1.50 bits per heavy atom. The van der Waals surface area contributed by atoms with E-state index in [-0.39, 0.29) is 0 Å². The highest BCUT2D eigenvalue weighted by atomic mass is 35.5. The minimum atomic E-state index is 0.417. The summed E-state index contributed by atoms with van der Waals surface area (Å²) in [5.74, 6) is 0.591. The Hall–Kier alpha value is -1.75. The first-order valence-electron chi connectivity index (χ1n) is 4.81. The molecular weight excluding hydrogens is 226 g/mol. The van der Waals surface area contributed by atoms with Gasteiger partial charge in [0.25, 0.3) is 0 Å². The molecule has 0 bridgehead atoms. The van der Waals surface area contributed by atoms with Crippen LogP contribution in [0, 0.1) is 6.92 Å². The van der Waals surface area contributed by atoms with Gasteiger partial charge >= 0.3 is 0 Å². The Morgan fingerprint density at radius 3 is 3.00 bits per heavy atom. The molecule has 84 valence electrons. The van der Waals surface area contributed by atoms with E-state index < -0.39 is 0 Å². The van der Waals surface area contributed by atoms with Crippen LogP contribution < -0.4 is 11.1 Å². The molecule has 2 aromatic heterocycles. The minimum Gasteiger partial charge on any atom is -0.396 e. The van der Waals surface area contributed by atoms with Crippen LogP contribution in [0.15, 0.2) is 18.3 Å². The lowest BCUT2D eigenvalue weighted by Crippen LogP contribution is -2.04. The van der Waals surface area contributed by atoms with Crippen molar-refractivity contribution < 1.29 is 0 Å². The maximum absolute atomic E-state index is 5.78. The summed E-state index contributed by atoms with van der Waals surface area (Å²) in [6, 6.07) is 3.38. The Kier molecular flexibility index (Phi) is 2.96. The van der Waals surface area contributed by atoms with Gasteiger partial charge in [0.2, 0.25) is 0 Å². The van der Waals surface area contributed by atoms with E-state index in [2.05, 4.69) is 20.5 Å². The summed E-state index contributed by atoms with van der Waals surface area (Å²) in [4.78, 5) is 4.10. The summed E-state index contributed by atoms with van der Waals surface area (Å²) in [5, 5.41) is 10.3. The van der Waals surface area contributed by atoms with Crippen LogP contribution in [0.1, 0.15) is 11.3 Å². The zero-order chi connectivity index (χ0) is 11.5. The minimum absolute atomic E-state index is 0.417. The number of nitrogens with two attached hydrogens (primary N) is 1. The maximum atomic E-state index is 5.78. The first-order chi connectivity index (χ1) is 7.66. The number of halogens is 1. The van der Waals surface area contributed by atoms with Crippen molar-refractivity contribution in [1.82, 2.24) is 15.2 Å². The number of anilines is 2. The van der Waals surface area contributed by atoms with Gasteiger partial charge in [0.15, 0.2) is 5.82 Å². The van der Waals surface area contributed by atoms with Gasteiger partial charge in [-0.25, -0.2) is 4.98 Å². The van der Waals surface area contributed by atoms with E-state index >= 15 is 0 Å². The van der Waals surface area contributed by atoms with Gasteiger partial charge in [-0.05, 0) is 19.1 Å². The molecule has 0 aliphatic rings. The Balaban J connectivity index is 2.10. The molecular formula is C10H12ClN5. The van der Waals surface area contributed by atoms with Crippen molar-refractivity contribution in [2.75, 3.05) is 11.1 Å². The van der Waals surface area contributed by atoms with E-state index in [0.717, 1.165) is 11.3 Å². The molecule has 0 aromatic carbocycles. The van der Waals surface area contributed by atoms with Gasteiger partial charge in [-0.1, -0.05) is 11.6 Å². The summed E-state index contributed by atoms with van der Waals surface area (Å²) in [6.07, 6.45) is 1.77. The third kappa shape index (κ3) is 2.25. The van der Waals surface area contributed by atoms with Crippen molar-refractivity contribution in [2.45, 2.75) is 13.5 Å². The van der Waals surface area contributed by atoms with Crippen LogP contribution in [0.2, 0.25) is 5.15 Å². The third-order valence-corrected chi connectivity index (χ3v) is 2.48. The van der Waals surface area contributed by atoms with Crippen LogP contribution >= 0.6 is 11.6 Å². The number of aryl methyl sites for hydroxylation is 1. The highest BCUT2D eigenvalue weighted by Crippen LogP contribution is 2.19. The predicted molar refractivity (Wildman–Crippen MR) is 64.3 cm³/mol. The molecule has 0 atom stereocenters. The maximum Gasteiger partial charge on any atom is 0.151 e. The quantitative estimate of drug-likeness (QED) is 0.713. The topological polar surface area (TPSA) is 79.6 Å². The van der Waals surface area contributed by atoms with Gasteiger partial charge in [-0.2, -0.15) is 5.10 Å². The van der Waals surface area contributed by atoms with E-state index in [1.54, 1.807) is 18.3 Å². The van der Waals surface area contributed by atoms with Crippen molar-refractivity contribution in [3.05, 3.63) is 34.7 Å². The van der Waals surface area contributed by atoms with Crippen LogP contribution in [0.3, 0.4) is 0 Å². The number of nitrogens with one attached hydrogen (secondary N) is 2. The molecule has 0 aliphatic carbocycles. The number of pyridine rings is 1. The average Bonchev–Trinajstić information content (AvgIpc) is 2.66. The van der Waals surface area contributed by atoms with E-state index in [9.17, 15) is 0 Å². The van der Waals surface area contributed by atoms with Gasteiger partial charge in [0, 0.05) is 17.8 Å². The van der Waals surface area contributed by atoms with Gasteiger partial charge in [0.1, 0.15) is 5.15 Å². The Labute approximate surface area is 98.0 Å². The van der Waals surface area contributed by atoms with Crippen LogP contribution in [0.25, 0.3) is 0 Å². The van der Waals surface area contributed by atoms with Crippen LogP contribution in [-0.4, -0.2) is 15.2 Å². The molecule has 2 heterocycles.